The lowest BCUT2D eigenvalue weighted by Crippen LogP contribution is -2.44. The topological polar surface area (TPSA) is 85.8 Å². The van der Waals surface area contributed by atoms with E-state index in [4.69, 9.17) is 5.84 Å². The van der Waals surface area contributed by atoms with Crippen molar-refractivity contribution in [3.05, 3.63) is 29.8 Å². The summed E-state index contributed by atoms with van der Waals surface area (Å²) in [5, 5.41) is 12.0. The Hall–Kier alpha value is -2.02. The van der Waals surface area contributed by atoms with Crippen molar-refractivity contribution < 1.29 is 4.79 Å². The predicted molar refractivity (Wildman–Crippen MR) is 105 cm³/mol. The van der Waals surface area contributed by atoms with Gasteiger partial charge in [0.25, 0.3) is 0 Å². The maximum atomic E-state index is 12.3. The largest absolute Gasteiger partial charge is 0.352 e. The number of carbonyl (C=O) groups is 1. The van der Waals surface area contributed by atoms with Crippen LogP contribution in [0.1, 0.15) is 38.7 Å². The standard InChI is InChI=1S/C19H27N5OS/c1-12-7-9-15(10-8-12)18-22-23-19(24(18)20)26-11-17(25)21-16-6-4-5-13(2)14(16)3/h7-10,13-14,16H,4-6,11,20H2,1-3H3,(H,21,25)/t13-,14+,16+/m0/s1. The lowest BCUT2D eigenvalue weighted by molar-refractivity contribution is -0.120. The maximum Gasteiger partial charge on any atom is 0.230 e. The molecule has 26 heavy (non-hydrogen) atoms. The fourth-order valence-electron chi connectivity index (χ4n) is 3.44. The molecule has 3 rings (SSSR count). The van der Waals surface area contributed by atoms with E-state index in [1.165, 1.54) is 34.8 Å². The number of rotatable bonds is 5. The van der Waals surface area contributed by atoms with Gasteiger partial charge in [0.05, 0.1) is 5.75 Å². The number of hydrogen-bond acceptors (Lipinski definition) is 5. The zero-order valence-electron chi connectivity index (χ0n) is 15.6. The molecule has 0 aliphatic heterocycles. The quantitative estimate of drug-likeness (QED) is 0.621. The normalized spacial score (nSPS) is 23.0. The summed E-state index contributed by atoms with van der Waals surface area (Å²) in [6.45, 7) is 6.53. The third-order valence-electron chi connectivity index (χ3n) is 5.36. The van der Waals surface area contributed by atoms with Crippen molar-refractivity contribution in [2.75, 3.05) is 11.6 Å². The summed E-state index contributed by atoms with van der Waals surface area (Å²) < 4.78 is 1.45. The van der Waals surface area contributed by atoms with Crippen molar-refractivity contribution in [3.8, 4) is 11.4 Å². The molecule has 3 atom stereocenters. The molecule has 1 aliphatic rings. The number of carbonyl (C=O) groups excluding carboxylic acids is 1. The first kappa shape index (κ1) is 18.8. The van der Waals surface area contributed by atoms with Gasteiger partial charge in [0.1, 0.15) is 0 Å². The Morgan fingerprint density at radius 2 is 2.00 bits per heavy atom. The number of amides is 1. The number of nitrogens with two attached hydrogens (primary N) is 1. The summed E-state index contributed by atoms with van der Waals surface area (Å²) in [6, 6.07) is 8.23. The Labute approximate surface area is 158 Å². The molecule has 1 amide bonds. The van der Waals surface area contributed by atoms with Crippen molar-refractivity contribution in [2.45, 2.75) is 51.2 Å². The molecule has 3 N–H and O–H groups in total. The van der Waals surface area contributed by atoms with E-state index >= 15 is 0 Å². The molecular formula is C19H27N5OS. The van der Waals surface area contributed by atoms with Gasteiger partial charge in [-0.2, -0.15) is 0 Å². The molecule has 0 spiro atoms. The smallest absolute Gasteiger partial charge is 0.230 e. The molecule has 1 aliphatic carbocycles. The van der Waals surface area contributed by atoms with E-state index in [0.717, 1.165) is 12.0 Å². The highest BCUT2D eigenvalue weighted by atomic mass is 32.2. The molecule has 1 aromatic carbocycles. The van der Waals surface area contributed by atoms with Gasteiger partial charge in [-0.3, -0.25) is 4.79 Å². The third-order valence-corrected chi connectivity index (χ3v) is 6.30. The number of benzene rings is 1. The predicted octanol–water partition coefficient (Wildman–Crippen LogP) is 3.00. The van der Waals surface area contributed by atoms with E-state index in [1.807, 2.05) is 31.2 Å². The van der Waals surface area contributed by atoms with E-state index in [-0.39, 0.29) is 11.9 Å². The number of aromatic nitrogens is 3. The lowest BCUT2D eigenvalue weighted by atomic mass is 9.78. The van der Waals surface area contributed by atoms with Gasteiger partial charge < -0.3 is 11.2 Å². The van der Waals surface area contributed by atoms with Crippen LogP contribution in [0.25, 0.3) is 11.4 Å². The fraction of sp³-hybridized carbons (Fsp3) is 0.526. The second-order valence-electron chi connectivity index (χ2n) is 7.27. The summed E-state index contributed by atoms with van der Waals surface area (Å²) in [4.78, 5) is 12.3. The average Bonchev–Trinajstić information content (AvgIpc) is 2.99. The molecule has 0 radical (unpaired) electrons. The zero-order chi connectivity index (χ0) is 18.7. The Morgan fingerprint density at radius 1 is 1.27 bits per heavy atom. The molecule has 0 unspecified atom stereocenters. The minimum atomic E-state index is 0.0286. The van der Waals surface area contributed by atoms with Crippen LogP contribution < -0.4 is 11.2 Å². The number of nitrogens with one attached hydrogen (secondary N) is 1. The van der Waals surface area contributed by atoms with Crippen LogP contribution in [0.4, 0.5) is 0 Å². The molecular weight excluding hydrogens is 346 g/mol. The number of aryl methyl sites for hydroxylation is 1. The minimum Gasteiger partial charge on any atom is -0.352 e. The molecule has 140 valence electrons. The highest BCUT2D eigenvalue weighted by Gasteiger charge is 2.28. The molecule has 2 aromatic rings. The minimum absolute atomic E-state index is 0.0286. The monoisotopic (exact) mass is 373 g/mol. The molecule has 7 heteroatoms. The first-order chi connectivity index (χ1) is 12.5. The van der Waals surface area contributed by atoms with E-state index in [2.05, 4.69) is 29.4 Å². The van der Waals surface area contributed by atoms with Crippen LogP contribution in [0.15, 0.2) is 29.4 Å². The highest BCUT2D eigenvalue weighted by molar-refractivity contribution is 7.99. The second kappa shape index (κ2) is 8.12. The van der Waals surface area contributed by atoms with E-state index in [0.29, 0.717) is 28.6 Å². The van der Waals surface area contributed by atoms with Crippen molar-refractivity contribution in [3.63, 3.8) is 0 Å². The molecule has 0 bridgehead atoms. The van der Waals surface area contributed by atoms with Crippen LogP contribution in [0.3, 0.4) is 0 Å². The molecule has 6 nitrogen and oxygen atoms in total. The number of hydrogen-bond donors (Lipinski definition) is 2. The second-order valence-corrected chi connectivity index (χ2v) is 8.21. The number of nitrogen functional groups attached to an aromatic ring is 1. The van der Waals surface area contributed by atoms with Gasteiger partial charge in [0, 0.05) is 11.6 Å². The summed E-state index contributed by atoms with van der Waals surface area (Å²) in [7, 11) is 0. The Kier molecular flexibility index (Phi) is 5.86. The van der Waals surface area contributed by atoms with Crippen molar-refractivity contribution in [2.24, 2.45) is 11.8 Å². The van der Waals surface area contributed by atoms with Crippen LogP contribution in [0.2, 0.25) is 0 Å². The van der Waals surface area contributed by atoms with Gasteiger partial charge in [-0.15, -0.1) is 10.2 Å². The van der Waals surface area contributed by atoms with Gasteiger partial charge in [-0.25, -0.2) is 4.68 Å². The average molecular weight is 374 g/mol. The molecule has 1 heterocycles. The van der Waals surface area contributed by atoms with Crippen molar-refractivity contribution >= 4 is 17.7 Å². The first-order valence-corrected chi connectivity index (χ1v) is 10.1. The Balaban J connectivity index is 1.58. The van der Waals surface area contributed by atoms with Crippen molar-refractivity contribution in [1.29, 1.82) is 0 Å². The summed E-state index contributed by atoms with van der Waals surface area (Å²) in [5.74, 6) is 8.22. The summed E-state index contributed by atoms with van der Waals surface area (Å²) >= 11 is 1.32. The SMILES string of the molecule is Cc1ccc(-c2nnc(SCC(=O)N[C@@H]3CCC[C@H](C)[C@H]3C)n2N)cc1. The number of thioether (sulfide) groups is 1. The van der Waals surface area contributed by atoms with Crippen LogP contribution in [0.5, 0.6) is 0 Å². The molecule has 1 fully saturated rings. The Morgan fingerprint density at radius 3 is 2.73 bits per heavy atom. The Bertz CT molecular complexity index is 758. The number of nitrogens with zero attached hydrogens (tertiary/aromatic N) is 3. The lowest BCUT2D eigenvalue weighted by Gasteiger charge is -2.34. The van der Waals surface area contributed by atoms with Crippen LogP contribution in [-0.4, -0.2) is 32.6 Å². The first-order valence-electron chi connectivity index (χ1n) is 9.15. The maximum absolute atomic E-state index is 12.3. The van der Waals surface area contributed by atoms with Gasteiger partial charge in [-0.1, -0.05) is 68.3 Å². The van der Waals surface area contributed by atoms with E-state index < -0.39 is 0 Å². The zero-order valence-corrected chi connectivity index (χ0v) is 16.4. The third kappa shape index (κ3) is 4.20. The van der Waals surface area contributed by atoms with Crippen LogP contribution >= 0.6 is 11.8 Å². The van der Waals surface area contributed by atoms with Gasteiger partial charge >= 0.3 is 0 Å². The molecule has 1 aromatic heterocycles. The van der Waals surface area contributed by atoms with Gasteiger partial charge in [0.15, 0.2) is 5.82 Å². The highest BCUT2D eigenvalue weighted by Crippen LogP contribution is 2.29. The van der Waals surface area contributed by atoms with Crippen molar-refractivity contribution in [1.82, 2.24) is 20.2 Å². The van der Waals surface area contributed by atoms with Gasteiger partial charge in [-0.05, 0) is 25.2 Å². The fourth-order valence-corrected chi connectivity index (χ4v) is 4.11. The molecule has 0 saturated heterocycles. The van der Waals surface area contributed by atoms with Gasteiger partial charge in [0.2, 0.25) is 11.1 Å². The molecule has 1 saturated carbocycles. The van der Waals surface area contributed by atoms with Crippen LogP contribution in [-0.2, 0) is 4.79 Å². The van der Waals surface area contributed by atoms with E-state index in [9.17, 15) is 4.79 Å². The summed E-state index contributed by atoms with van der Waals surface area (Å²) in [5.41, 5.74) is 2.08. The summed E-state index contributed by atoms with van der Waals surface area (Å²) in [6.07, 6.45) is 3.49. The van der Waals surface area contributed by atoms with Crippen LogP contribution in [0, 0.1) is 18.8 Å². The van der Waals surface area contributed by atoms with E-state index in [1.54, 1.807) is 0 Å².